The molecule has 0 bridgehead atoms. The van der Waals surface area contributed by atoms with E-state index >= 15 is 0 Å². The van der Waals surface area contributed by atoms with E-state index in [9.17, 15) is 31.1 Å². The van der Waals surface area contributed by atoms with Crippen LogP contribution in [0.5, 0.6) is 0 Å². The summed E-state index contributed by atoms with van der Waals surface area (Å²) in [7, 11) is 0. The highest BCUT2D eigenvalue weighted by Crippen LogP contribution is 2.34. The van der Waals surface area contributed by atoms with Gasteiger partial charge in [-0.3, -0.25) is 4.79 Å². The fourth-order valence-electron chi connectivity index (χ4n) is 2.39. The van der Waals surface area contributed by atoms with Crippen molar-refractivity contribution >= 4 is 5.78 Å². The molecule has 0 atom stereocenters. The van der Waals surface area contributed by atoms with Crippen molar-refractivity contribution in [3.05, 3.63) is 70.8 Å². The first-order chi connectivity index (χ1) is 11.1. The van der Waals surface area contributed by atoms with E-state index in [2.05, 4.69) is 0 Å². The van der Waals surface area contributed by atoms with Crippen molar-refractivity contribution in [3.63, 3.8) is 0 Å². The number of alkyl halides is 6. The van der Waals surface area contributed by atoms with E-state index in [0.717, 1.165) is 24.3 Å². The number of halogens is 6. The van der Waals surface area contributed by atoms with Crippen molar-refractivity contribution in [1.29, 1.82) is 0 Å². The summed E-state index contributed by atoms with van der Waals surface area (Å²) < 4.78 is 77.3. The topological polar surface area (TPSA) is 17.1 Å². The second-order valence-corrected chi connectivity index (χ2v) is 5.20. The minimum atomic E-state index is -4.62. The fraction of sp³-hybridized carbons (Fsp3) is 0.235. The average Bonchev–Trinajstić information content (AvgIpc) is 2.46. The molecular weight excluding hydrogens is 334 g/mol. The maximum absolute atomic E-state index is 12.9. The van der Waals surface area contributed by atoms with Gasteiger partial charge in [-0.15, -0.1) is 0 Å². The van der Waals surface area contributed by atoms with Gasteiger partial charge in [-0.2, -0.15) is 26.3 Å². The Morgan fingerprint density at radius 2 is 1.00 bits per heavy atom. The van der Waals surface area contributed by atoms with Gasteiger partial charge < -0.3 is 0 Å². The van der Waals surface area contributed by atoms with Crippen molar-refractivity contribution in [2.75, 3.05) is 0 Å². The van der Waals surface area contributed by atoms with Gasteiger partial charge >= 0.3 is 12.4 Å². The zero-order valence-corrected chi connectivity index (χ0v) is 12.2. The minimum absolute atomic E-state index is 0.250. The molecule has 7 heteroatoms. The van der Waals surface area contributed by atoms with E-state index in [4.69, 9.17) is 0 Å². The van der Waals surface area contributed by atoms with E-state index in [1.807, 2.05) is 0 Å². The van der Waals surface area contributed by atoms with E-state index < -0.39 is 42.1 Å². The normalized spacial score (nSPS) is 12.2. The molecule has 0 aliphatic carbocycles. The Balaban J connectivity index is 2.22. The maximum atomic E-state index is 12.9. The molecule has 0 saturated carbocycles. The minimum Gasteiger partial charge on any atom is -0.299 e. The molecule has 2 rings (SSSR count). The zero-order valence-electron chi connectivity index (χ0n) is 12.2. The summed E-state index contributed by atoms with van der Waals surface area (Å²) in [6.45, 7) is 0. The van der Waals surface area contributed by atoms with Crippen LogP contribution in [0.3, 0.4) is 0 Å². The van der Waals surface area contributed by atoms with Crippen LogP contribution in [-0.2, 0) is 30.0 Å². The Labute approximate surface area is 133 Å². The largest absolute Gasteiger partial charge is 0.416 e. The van der Waals surface area contributed by atoms with Gasteiger partial charge in [-0.05, 0) is 23.3 Å². The molecule has 0 heterocycles. The number of hydrogen-bond acceptors (Lipinski definition) is 1. The maximum Gasteiger partial charge on any atom is 0.416 e. The lowest BCUT2D eigenvalue weighted by atomic mass is 9.96. The average molecular weight is 346 g/mol. The zero-order chi connectivity index (χ0) is 18.0. The molecule has 0 fully saturated rings. The van der Waals surface area contributed by atoms with Crippen LogP contribution in [0, 0.1) is 0 Å². The molecule has 0 saturated heterocycles. The van der Waals surface area contributed by atoms with Crippen molar-refractivity contribution in [1.82, 2.24) is 0 Å². The fourth-order valence-corrected chi connectivity index (χ4v) is 2.39. The Bertz CT molecular complexity index is 669. The third-order valence-corrected chi connectivity index (χ3v) is 3.42. The highest BCUT2D eigenvalue weighted by molar-refractivity contribution is 5.83. The van der Waals surface area contributed by atoms with Crippen LogP contribution in [0.2, 0.25) is 0 Å². The Morgan fingerprint density at radius 1 is 0.667 bits per heavy atom. The van der Waals surface area contributed by atoms with Crippen molar-refractivity contribution in [2.24, 2.45) is 0 Å². The molecule has 2 aromatic rings. The predicted molar refractivity (Wildman–Crippen MR) is 75.3 cm³/mol. The Hall–Kier alpha value is -2.31. The summed E-state index contributed by atoms with van der Waals surface area (Å²) >= 11 is 0. The lowest BCUT2D eigenvalue weighted by Crippen LogP contribution is -2.16. The van der Waals surface area contributed by atoms with Gasteiger partial charge in [-0.1, -0.05) is 36.4 Å². The number of ketones is 1. The number of benzene rings is 2. The first-order valence-electron chi connectivity index (χ1n) is 6.91. The molecule has 0 unspecified atom stereocenters. The Kier molecular flexibility index (Phi) is 5.01. The van der Waals surface area contributed by atoms with Gasteiger partial charge in [0.25, 0.3) is 0 Å². The summed E-state index contributed by atoms with van der Waals surface area (Å²) in [5.74, 6) is -0.719. The first kappa shape index (κ1) is 18.0. The smallest absolute Gasteiger partial charge is 0.299 e. The van der Waals surface area contributed by atoms with Gasteiger partial charge in [0.15, 0.2) is 0 Å². The highest BCUT2D eigenvalue weighted by Gasteiger charge is 2.35. The summed E-state index contributed by atoms with van der Waals surface area (Å²) in [6, 6.07) is 9.06. The lowest BCUT2D eigenvalue weighted by molar-refractivity contribution is -0.138. The van der Waals surface area contributed by atoms with Gasteiger partial charge in [0.05, 0.1) is 11.1 Å². The van der Waals surface area contributed by atoms with Crippen LogP contribution in [0.4, 0.5) is 26.3 Å². The van der Waals surface area contributed by atoms with Crippen LogP contribution in [0.25, 0.3) is 0 Å². The van der Waals surface area contributed by atoms with E-state index in [0.29, 0.717) is 0 Å². The SMILES string of the molecule is O=C(Cc1ccccc1C(F)(F)F)Cc1ccccc1C(F)(F)F. The van der Waals surface area contributed by atoms with Crippen molar-refractivity contribution < 1.29 is 31.1 Å². The third-order valence-electron chi connectivity index (χ3n) is 3.42. The van der Waals surface area contributed by atoms with Crippen molar-refractivity contribution in [3.8, 4) is 0 Å². The van der Waals surface area contributed by atoms with Gasteiger partial charge in [0.1, 0.15) is 5.78 Å². The molecule has 0 N–H and O–H groups in total. The van der Waals surface area contributed by atoms with Crippen LogP contribution in [-0.4, -0.2) is 5.78 Å². The third kappa shape index (κ3) is 4.37. The van der Waals surface area contributed by atoms with Crippen LogP contribution < -0.4 is 0 Å². The lowest BCUT2D eigenvalue weighted by Gasteiger charge is -2.14. The monoisotopic (exact) mass is 346 g/mol. The number of carbonyl (C=O) groups is 1. The number of Topliss-reactive ketones (excluding diaryl/α,β-unsaturated/α-hetero) is 1. The van der Waals surface area contributed by atoms with Gasteiger partial charge in [0.2, 0.25) is 0 Å². The molecule has 0 radical (unpaired) electrons. The predicted octanol–water partition coefficient (Wildman–Crippen LogP) is 5.08. The molecule has 2 aromatic carbocycles. The molecule has 0 aliphatic heterocycles. The van der Waals surface area contributed by atoms with Gasteiger partial charge in [-0.25, -0.2) is 0 Å². The van der Waals surface area contributed by atoms with Crippen LogP contribution in [0.1, 0.15) is 22.3 Å². The number of rotatable bonds is 4. The summed E-state index contributed by atoms with van der Waals surface area (Å²) in [6.07, 6.45) is -10.4. The molecule has 1 nitrogen and oxygen atoms in total. The highest BCUT2D eigenvalue weighted by atomic mass is 19.4. The first-order valence-corrected chi connectivity index (χ1v) is 6.91. The standard InChI is InChI=1S/C17H12F6O/c18-16(19,20)14-7-3-1-5-11(14)9-13(24)10-12-6-2-4-8-15(12)17(21,22)23/h1-8H,9-10H2. The van der Waals surface area contributed by atoms with E-state index in [-0.39, 0.29) is 11.1 Å². The molecule has 0 aliphatic rings. The molecule has 24 heavy (non-hydrogen) atoms. The van der Waals surface area contributed by atoms with E-state index in [1.54, 1.807) is 0 Å². The summed E-state index contributed by atoms with van der Waals surface area (Å²) in [5, 5.41) is 0. The van der Waals surface area contributed by atoms with Crippen LogP contribution in [0.15, 0.2) is 48.5 Å². The second-order valence-electron chi connectivity index (χ2n) is 5.20. The van der Waals surface area contributed by atoms with Crippen LogP contribution >= 0.6 is 0 Å². The molecule has 0 amide bonds. The van der Waals surface area contributed by atoms with Gasteiger partial charge in [0, 0.05) is 12.8 Å². The molecule has 128 valence electrons. The molecular formula is C17H12F6O. The Morgan fingerprint density at radius 3 is 1.33 bits per heavy atom. The summed E-state index contributed by atoms with van der Waals surface area (Å²) in [5.41, 5.74) is -2.41. The second kappa shape index (κ2) is 6.67. The van der Waals surface area contributed by atoms with Crippen molar-refractivity contribution in [2.45, 2.75) is 25.2 Å². The number of hydrogen-bond donors (Lipinski definition) is 0. The molecule has 0 aromatic heterocycles. The quantitative estimate of drug-likeness (QED) is 0.706. The molecule has 0 spiro atoms. The summed E-state index contributed by atoms with van der Waals surface area (Å²) in [4.78, 5) is 12.0. The van der Waals surface area contributed by atoms with E-state index in [1.165, 1.54) is 24.3 Å². The number of carbonyl (C=O) groups excluding carboxylic acids is 1.